The number of fused-ring (bicyclic) bond motifs is 1. The molecule has 1 N–H and O–H groups in total. The van der Waals surface area contributed by atoms with E-state index in [2.05, 4.69) is 32.4 Å². The zero-order valence-electron chi connectivity index (χ0n) is 10.9. The maximum atomic E-state index is 4.47. The first kappa shape index (κ1) is 11.6. The Hall–Kier alpha value is -2.49. The van der Waals surface area contributed by atoms with Crippen molar-refractivity contribution in [1.29, 1.82) is 0 Å². The van der Waals surface area contributed by atoms with Crippen LogP contribution in [0.1, 0.15) is 5.56 Å². The van der Waals surface area contributed by atoms with Gasteiger partial charge in [-0.1, -0.05) is 18.2 Å². The number of pyridine rings is 1. The Morgan fingerprint density at radius 2 is 1.89 bits per heavy atom. The minimum Gasteiger partial charge on any atom is -0.373 e. The zero-order chi connectivity index (χ0) is 13.2. The monoisotopic (exact) mass is 250 g/mol. The molecule has 4 heteroatoms. The second kappa shape index (κ2) is 4.65. The van der Waals surface area contributed by atoms with Crippen LogP contribution in [0.2, 0.25) is 0 Å². The molecule has 1 aromatic carbocycles. The van der Waals surface area contributed by atoms with E-state index in [4.69, 9.17) is 0 Å². The Bertz CT molecular complexity index is 737. The Morgan fingerprint density at radius 3 is 2.74 bits per heavy atom. The fraction of sp³-hybridized carbons (Fsp3) is 0.133. The third-order valence-corrected chi connectivity index (χ3v) is 3.18. The van der Waals surface area contributed by atoms with Gasteiger partial charge in [-0.25, -0.2) is 9.97 Å². The highest BCUT2D eigenvalue weighted by atomic mass is 15.0. The van der Waals surface area contributed by atoms with Gasteiger partial charge in [0, 0.05) is 29.8 Å². The van der Waals surface area contributed by atoms with Crippen LogP contribution < -0.4 is 5.32 Å². The molecule has 94 valence electrons. The van der Waals surface area contributed by atoms with Crippen molar-refractivity contribution in [2.24, 2.45) is 0 Å². The number of nitrogens with zero attached hydrogens (tertiary/aromatic N) is 3. The van der Waals surface area contributed by atoms with Crippen molar-refractivity contribution in [2.45, 2.75) is 6.92 Å². The minimum absolute atomic E-state index is 0.846. The second-order valence-electron chi connectivity index (χ2n) is 4.36. The summed E-state index contributed by atoms with van der Waals surface area (Å²) in [4.78, 5) is 13.0. The first-order valence-electron chi connectivity index (χ1n) is 6.14. The van der Waals surface area contributed by atoms with Crippen LogP contribution in [0, 0.1) is 6.92 Å². The highest BCUT2D eigenvalue weighted by Crippen LogP contribution is 2.26. The third-order valence-electron chi connectivity index (χ3n) is 3.18. The van der Waals surface area contributed by atoms with Gasteiger partial charge in [-0.3, -0.25) is 4.98 Å². The molecule has 0 spiro atoms. The summed E-state index contributed by atoms with van der Waals surface area (Å²) in [6.45, 7) is 2.01. The third kappa shape index (κ3) is 2.01. The van der Waals surface area contributed by atoms with Gasteiger partial charge in [0.15, 0.2) is 0 Å². The van der Waals surface area contributed by atoms with Crippen molar-refractivity contribution >= 4 is 16.7 Å². The highest BCUT2D eigenvalue weighted by molar-refractivity contribution is 5.83. The van der Waals surface area contributed by atoms with Crippen LogP contribution in [0.25, 0.3) is 22.2 Å². The number of benzene rings is 1. The van der Waals surface area contributed by atoms with Gasteiger partial charge in [-0.2, -0.15) is 0 Å². The predicted octanol–water partition coefficient (Wildman–Crippen LogP) is 3.04. The molecule has 2 aromatic heterocycles. The van der Waals surface area contributed by atoms with E-state index in [0.29, 0.717) is 0 Å². The molecule has 3 aromatic rings. The lowest BCUT2D eigenvalue weighted by Crippen LogP contribution is -1.99. The summed E-state index contributed by atoms with van der Waals surface area (Å²) < 4.78 is 0. The Kier molecular flexibility index (Phi) is 2.83. The van der Waals surface area contributed by atoms with Crippen molar-refractivity contribution in [3.8, 4) is 11.3 Å². The first-order valence-corrected chi connectivity index (χ1v) is 6.14. The molecule has 0 saturated heterocycles. The largest absolute Gasteiger partial charge is 0.373 e. The smallest absolute Gasteiger partial charge is 0.132 e. The lowest BCUT2D eigenvalue weighted by Gasteiger charge is -2.09. The van der Waals surface area contributed by atoms with E-state index in [1.54, 1.807) is 6.33 Å². The summed E-state index contributed by atoms with van der Waals surface area (Å²) in [5.41, 5.74) is 3.95. The van der Waals surface area contributed by atoms with E-state index in [9.17, 15) is 0 Å². The lowest BCUT2D eigenvalue weighted by atomic mass is 10.1. The van der Waals surface area contributed by atoms with Gasteiger partial charge in [0.2, 0.25) is 0 Å². The molecule has 0 aliphatic carbocycles. The zero-order valence-corrected chi connectivity index (χ0v) is 10.9. The van der Waals surface area contributed by atoms with Crippen molar-refractivity contribution in [1.82, 2.24) is 15.0 Å². The van der Waals surface area contributed by atoms with Gasteiger partial charge in [0.1, 0.15) is 12.1 Å². The van der Waals surface area contributed by atoms with Gasteiger partial charge in [-0.15, -0.1) is 0 Å². The normalized spacial score (nSPS) is 10.6. The predicted molar refractivity (Wildman–Crippen MR) is 77.1 cm³/mol. The summed E-state index contributed by atoms with van der Waals surface area (Å²) in [6.07, 6.45) is 3.43. The van der Waals surface area contributed by atoms with Crippen molar-refractivity contribution in [3.63, 3.8) is 0 Å². The average molecular weight is 250 g/mol. The van der Waals surface area contributed by atoms with Gasteiger partial charge in [-0.05, 0) is 19.1 Å². The highest BCUT2D eigenvalue weighted by Gasteiger charge is 2.09. The van der Waals surface area contributed by atoms with Gasteiger partial charge in [0.25, 0.3) is 0 Å². The summed E-state index contributed by atoms with van der Waals surface area (Å²) in [6, 6.07) is 10.2. The number of nitrogens with one attached hydrogen (secondary N) is 1. The Labute approximate surface area is 111 Å². The molecule has 0 fully saturated rings. The second-order valence-corrected chi connectivity index (χ2v) is 4.36. The van der Waals surface area contributed by atoms with E-state index in [-0.39, 0.29) is 0 Å². The molecule has 4 nitrogen and oxygen atoms in total. The molecule has 19 heavy (non-hydrogen) atoms. The van der Waals surface area contributed by atoms with Crippen molar-refractivity contribution in [2.75, 3.05) is 12.4 Å². The topological polar surface area (TPSA) is 50.7 Å². The van der Waals surface area contributed by atoms with Gasteiger partial charge >= 0.3 is 0 Å². The Morgan fingerprint density at radius 1 is 1.05 bits per heavy atom. The average Bonchev–Trinajstić information content (AvgIpc) is 2.47. The number of rotatable bonds is 2. The lowest BCUT2D eigenvalue weighted by molar-refractivity contribution is 1.13. The number of anilines is 1. The number of aromatic nitrogens is 3. The quantitative estimate of drug-likeness (QED) is 0.759. The fourth-order valence-electron chi connectivity index (χ4n) is 2.19. The molecule has 0 aliphatic rings. The fourth-order valence-corrected chi connectivity index (χ4v) is 2.19. The summed E-state index contributed by atoms with van der Waals surface area (Å²) >= 11 is 0. The van der Waals surface area contributed by atoms with E-state index >= 15 is 0 Å². The molecular formula is C15H14N4. The van der Waals surface area contributed by atoms with Crippen LogP contribution >= 0.6 is 0 Å². The van der Waals surface area contributed by atoms with E-state index in [1.165, 1.54) is 0 Å². The van der Waals surface area contributed by atoms with E-state index in [0.717, 1.165) is 33.5 Å². The number of hydrogen-bond acceptors (Lipinski definition) is 4. The van der Waals surface area contributed by atoms with Crippen LogP contribution in [-0.4, -0.2) is 22.0 Å². The molecule has 0 aliphatic heterocycles. The van der Waals surface area contributed by atoms with Crippen LogP contribution in [0.5, 0.6) is 0 Å². The van der Waals surface area contributed by atoms with Crippen LogP contribution in [0.3, 0.4) is 0 Å². The van der Waals surface area contributed by atoms with E-state index in [1.807, 2.05) is 38.4 Å². The molecule has 0 unspecified atom stereocenters. The SMILES string of the molecule is CNc1ncnc(-c2cnc3ccccc3c2)c1C. The first-order chi connectivity index (χ1) is 9.29. The van der Waals surface area contributed by atoms with Crippen LogP contribution in [0.4, 0.5) is 5.82 Å². The minimum atomic E-state index is 0.846. The maximum absolute atomic E-state index is 4.47. The molecule has 3 rings (SSSR count). The molecule has 0 radical (unpaired) electrons. The van der Waals surface area contributed by atoms with Crippen molar-refractivity contribution < 1.29 is 0 Å². The molecule has 2 heterocycles. The standard InChI is InChI=1S/C15H14N4/c1-10-14(18-9-19-15(10)16-2)12-7-11-5-3-4-6-13(11)17-8-12/h3-9H,1-2H3,(H,16,18,19). The molecule has 0 bridgehead atoms. The summed E-state index contributed by atoms with van der Waals surface area (Å²) in [5.74, 6) is 0.846. The number of para-hydroxylation sites is 1. The van der Waals surface area contributed by atoms with Crippen LogP contribution in [-0.2, 0) is 0 Å². The molecule has 0 atom stereocenters. The number of hydrogen-bond donors (Lipinski definition) is 1. The summed E-state index contributed by atoms with van der Waals surface area (Å²) in [7, 11) is 1.86. The summed E-state index contributed by atoms with van der Waals surface area (Å²) in [5, 5.41) is 4.19. The van der Waals surface area contributed by atoms with Crippen molar-refractivity contribution in [3.05, 3.63) is 48.4 Å². The maximum Gasteiger partial charge on any atom is 0.132 e. The van der Waals surface area contributed by atoms with E-state index < -0.39 is 0 Å². The molecular weight excluding hydrogens is 236 g/mol. The molecule has 0 saturated carbocycles. The molecule has 0 amide bonds. The van der Waals surface area contributed by atoms with Gasteiger partial charge in [0.05, 0.1) is 11.2 Å². The van der Waals surface area contributed by atoms with Crippen LogP contribution in [0.15, 0.2) is 42.9 Å². The van der Waals surface area contributed by atoms with Gasteiger partial charge < -0.3 is 5.32 Å². The Balaban J connectivity index is 2.19.